The zero-order valence-corrected chi connectivity index (χ0v) is 13.8. The number of hydrogen-bond acceptors (Lipinski definition) is 2. The zero-order valence-electron chi connectivity index (χ0n) is 11.5. The predicted molar refractivity (Wildman–Crippen MR) is 80.5 cm³/mol. The monoisotopic (exact) mass is 376 g/mol. The van der Waals surface area contributed by atoms with Crippen molar-refractivity contribution < 1.29 is 9.47 Å². The Morgan fingerprint density at radius 1 is 1.26 bits per heavy atom. The van der Waals surface area contributed by atoms with Gasteiger partial charge in [0, 0.05) is 0 Å². The van der Waals surface area contributed by atoms with E-state index in [4.69, 9.17) is 9.47 Å². The zero-order chi connectivity index (χ0) is 13.5. The molecule has 0 aromatic heterocycles. The van der Waals surface area contributed by atoms with E-state index in [1.165, 1.54) is 29.3 Å². The van der Waals surface area contributed by atoms with E-state index in [0.717, 1.165) is 9.72 Å². The van der Waals surface area contributed by atoms with Crippen molar-refractivity contribution in [2.45, 2.75) is 35.8 Å². The molecule has 0 bridgehead atoms. The van der Waals surface area contributed by atoms with Crippen LogP contribution in [-0.4, -0.2) is 40.7 Å². The van der Waals surface area contributed by atoms with Crippen LogP contribution in [0.15, 0.2) is 36.9 Å². The van der Waals surface area contributed by atoms with Crippen molar-refractivity contribution in [1.82, 2.24) is 0 Å². The van der Waals surface area contributed by atoms with Crippen molar-refractivity contribution in [2.24, 2.45) is 0 Å². The summed E-state index contributed by atoms with van der Waals surface area (Å²) in [4.78, 5) is 0. The number of methoxy groups -OCH3 is 1. The van der Waals surface area contributed by atoms with Crippen LogP contribution in [0.4, 0.5) is 0 Å². The Bertz CT molecular complexity index is 388. The Kier molecular flexibility index (Phi) is 6.23. The van der Waals surface area contributed by atoms with Gasteiger partial charge in [0.25, 0.3) is 0 Å². The van der Waals surface area contributed by atoms with Crippen LogP contribution >= 0.6 is 0 Å². The summed E-state index contributed by atoms with van der Waals surface area (Å²) in [5, 5.41) is 0. The van der Waals surface area contributed by atoms with E-state index in [2.05, 4.69) is 30.8 Å². The molecule has 0 heterocycles. The van der Waals surface area contributed by atoms with Gasteiger partial charge in [-0.2, -0.15) is 0 Å². The molecule has 1 fully saturated rings. The first-order valence-corrected chi connectivity index (χ1v) is 9.37. The van der Waals surface area contributed by atoms with Crippen LogP contribution in [0.25, 0.3) is 0 Å². The Labute approximate surface area is 126 Å². The SMILES string of the molecule is C=CCO[C@@H]1CCCC[C@H]1[Te]c1ccc(OC)cc1. The molecule has 0 saturated heterocycles. The molecule has 0 spiro atoms. The van der Waals surface area contributed by atoms with Crippen molar-refractivity contribution in [2.75, 3.05) is 13.7 Å². The van der Waals surface area contributed by atoms with E-state index in [1.54, 1.807) is 7.11 Å². The molecule has 1 aromatic rings. The molecular weight excluding hydrogens is 352 g/mol. The Hall–Kier alpha value is -0.490. The van der Waals surface area contributed by atoms with Crippen molar-refractivity contribution in [1.29, 1.82) is 0 Å². The van der Waals surface area contributed by atoms with Gasteiger partial charge in [-0.1, -0.05) is 0 Å². The van der Waals surface area contributed by atoms with Gasteiger partial charge < -0.3 is 0 Å². The molecule has 1 aromatic carbocycles. The van der Waals surface area contributed by atoms with E-state index >= 15 is 0 Å². The van der Waals surface area contributed by atoms with Crippen LogP contribution in [0.3, 0.4) is 0 Å². The molecule has 2 nitrogen and oxygen atoms in total. The van der Waals surface area contributed by atoms with Gasteiger partial charge >= 0.3 is 126 Å². The first-order chi connectivity index (χ1) is 9.33. The molecule has 1 aliphatic rings. The van der Waals surface area contributed by atoms with E-state index < -0.39 is 0 Å². The Balaban J connectivity index is 1.95. The number of benzene rings is 1. The summed E-state index contributed by atoms with van der Waals surface area (Å²) in [5.41, 5.74) is 0. The minimum atomic E-state index is -0.183. The van der Waals surface area contributed by atoms with Gasteiger partial charge in [0.1, 0.15) is 0 Å². The fourth-order valence-corrected chi connectivity index (χ4v) is 6.10. The summed E-state index contributed by atoms with van der Waals surface area (Å²) in [6, 6.07) is 8.59. The molecule has 0 unspecified atom stereocenters. The standard InChI is InChI=1S/C16H22O2Te/c1-3-12-18-15-6-4-5-7-16(15)19-14-10-8-13(17-2)9-11-14/h3,8-11,15-16H,1,4-7,12H2,2H3/t15-,16-/m1/s1. The predicted octanol–water partition coefficient (Wildman–Crippen LogP) is 2.96. The van der Waals surface area contributed by atoms with Crippen molar-refractivity contribution in [3.8, 4) is 5.75 Å². The number of hydrogen-bond donors (Lipinski definition) is 0. The maximum absolute atomic E-state index is 5.95. The molecule has 0 amide bonds. The molecule has 0 aliphatic heterocycles. The van der Waals surface area contributed by atoms with Crippen molar-refractivity contribution in [3.63, 3.8) is 0 Å². The van der Waals surface area contributed by atoms with Gasteiger partial charge in [0.05, 0.1) is 0 Å². The summed E-state index contributed by atoms with van der Waals surface area (Å²) in [6.45, 7) is 4.44. The molecule has 0 radical (unpaired) electrons. The van der Waals surface area contributed by atoms with Crippen LogP contribution in [0.2, 0.25) is 3.97 Å². The second-order valence-electron chi connectivity index (χ2n) is 4.78. The van der Waals surface area contributed by atoms with Crippen LogP contribution in [0.5, 0.6) is 5.75 Å². The summed E-state index contributed by atoms with van der Waals surface area (Å²) >= 11 is -0.183. The van der Waals surface area contributed by atoms with Crippen LogP contribution in [-0.2, 0) is 4.74 Å². The van der Waals surface area contributed by atoms with Gasteiger partial charge in [-0.25, -0.2) is 0 Å². The molecule has 19 heavy (non-hydrogen) atoms. The molecular formula is C16H22O2Te. The van der Waals surface area contributed by atoms with E-state index in [-0.39, 0.29) is 20.9 Å². The van der Waals surface area contributed by atoms with Gasteiger partial charge in [-0.05, 0) is 0 Å². The number of ether oxygens (including phenoxy) is 2. The van der Waals surface area contributed by atoms with Gasteiger partial charge in [0.15, 0.2) is 0 Å². The molecule has 2 atom stereocenters. The first-order valence-electron chi connectivity index (χ1n) is 6.86. The van der Waals surface area contributed by atoms with Crippen LogP contribution in [0.1, 0.15) is 25.7 Å². The Morgan fingerprint density at radius 2 is 2.00 bits per heavy atom. The molecule has 2 rings (SSSR count). The third-order valence-electron chi connectivity index (χ3n) is 3.42. The summed E-state index contributed by atoms with van der Waals surface area (Å²) < 4.78 is 13.4. The second kappa shape index (κ2) is 7.94. The maximum atomic E-state index is 5.95. The van der Waals surface area contributed by atoms with E-state index in [0.29, 0.717) is 12.7 Å². The van der Waals surface area contributed by atoms with E-state index in [9.17, 15) is 0 Å². The molecule has 3 heteroatoms. The molecule has 0 N–H and O–H groups in total. The van der Waals surface area contributed by atoms with Crippen molar-refractivity contribution in [3.05, 3.63) is 36.9 Å². The normalized spacial score (nSPS) is 23.0. The van der Waals surface area contributed by atoms with Gasteiger partial charge in [-0.3, -0.25) is 0 Å². The van der Waals surface area contributed by atoms with Crippen LogP contribution in [0, 0.1) is 0 Å². The average Bonchev–Trinajstić information content (AvgIpc) is 2.47. The average molecular weight is 374 g/mol. The first kappa shape index (κ1) is 14.9. The second-order valence-corrected chi connectivity index (χ2v) is 8.52. The Morgan fingerprint density at radius 3 is 2.68 bits per heavy atom. The third kappa shape index (κ3) is 4.52. The number of rotatable bonds is 6. The molecule has 1 aliphatic carbocycles. The van der Waals surface area contributed by atoms with Gasteiger partial charge in [0.2, 0.25) is 0 Å². The summed E-state index contributed by atoms with van der Waals surface area (Å²) in [7, 11) is 1.71. The fraction of sp³-hybridized carbons (Fsp3) is 0.500. The summed E-state index contributed by atoms with van der Waals surface area (Å²) in [6.07, 6.45) is 7.54. The topological polar surface area (TPSA) is 18.5 Å². The third-order valence-corrected chi connectivity index (χ3v) is 7.37. The quantitative estimate of drug-likeness (QED) is 0.563. The fourth-order valence-electron chi connectivity index (χ4n) is 2.41. The summed E-state index contributed by atoms with van der Waals surface area (Å²) in [5.74, 6) is 0.944. The molecule has 104 valence electrons. The van der Waals surface area contributed by atoms with Gasteiger partial charge in [-0.15, -0.1) is 0 Å². The minimum absolute atomic E-state index is 0.183. The van der Waals surface area contributed by atoms with Crippen molar-refractivity contribution >= 4 is 24.5 Å². The van der Waals surface area contributed by atoms with Crippen LogP contribution < -0.4 is 8.35 Å². The molecule has 1 saturated carbocycles. The van der Waals surface area contributed by atoms with E-state index in [1.807, 2.05) is 6.08 Å².